The van der Waals surface area contributed by atoms with E-state index in [4.69, 9.17) is 18.9 Å². The summed E-state index contributed by atoms with van der Waals surface area (Å²) in [5.74, 6) is 1.65. The van der Waals surface area contributed by atoms with Crippen molar-refractivity contribution in [3.8, 4) is 28.5 Å². The molecule has 200 valence electrons. The molecule has 8 nitrogen and oxygen atoms in total. The fourth-order valence-electron chi connectivity index (χ4n) is 4.36. The Balaban J connectivity index is 1.42. The van der Waals surface area contributed by atoms with Crippen LogP contribution in [0.2, 0.25) is 0 Å². The molecule has 38 heavy (non-hydrogen) atoms. The van der Waals surface area contributed by atoms with Crippen molar-refractivity contribution in [3.63, 3.8) is 0 Å². The van der Waals surface area contributed by atoms with Gasteiger partial charge in [-0.05, 0) is 47.3 Å². The lowest BCUT2D eigenvalue weighted by Crippen LogP contribution is -2.34. The molecule has 0 saturated carbocycles. The van der Waals surface area contributed by atoms with Gasteiger partial charge in [-0.15, -0.1) is 0 Å². The van der Waals surface area contributed by atoms with Crippen molar-refractivity contribution in [1.82, 2.24) is 9.88 Å². The Hall–Kier alpha value is -3.85. The highest BCUT2D eigenvalue weighted by Gasteiger charge is 2.15. The van der Waals surface area contributed by atoms with Gasteiger partial charge in [-0.2, -0.15) is 0 Å². The van der Waals surface area contributed by atoms with E-state index in [2.05, 4.69) is 5.32 Å². The molecule has 2 unspecified atom stereocenters. The Bertz CT molecular complexity index is 1420. The fraction of sp³-hybridized carbons (Fsp3) is 0.300. The lowest BCUT2D eigenvalue weighted by molar-refractivity contribution is 0.0826. The minimum atomic E-state index is -0.731. The van der Waals surface area contributed by atoms with Gasteiger partial charge in [0.25, 0.3) is 5.56 Å². The van der Waals surface area contributed by atoms with E-state index >= 15 is 0 Å². The summed E-state index contributed by atoms with van der Waals surface area (Å²) in [5, 5.41) is 15.1. The van der Waals surface area contributed by atoms with Crippen molar-refractivity contribution in [1.29, 1.82) is 0 Å². The molecule has 2 atom stereocenters. The van der Waals surface area contributed by atoms with Gasteiger partial charge in [0.15, 0.2) is 11.5 Å². The maximum atomic E-state index is 13.0. The van der Waals surface area contributed by atoms with Crippen molar-refractivity contribution >= 4 is 10.8 Å². The van der Waals surface area contributed by atoms with E-state index in [0.29, 0.717) is 35.7 Å². The van der Waals surface area contributed by atoms with E-state index < -0.39 is 6.10 Å². The summed E-state index contributed by atoms with van der Waals surface area (Å²) in [6.45, 7) is 0.992. The van der Waals surface area contributed by atoms with Gasteiger partial charge in [0.2, 0.25) is 0 Å². The number of hydrogen-bond donors (Lipinski definition) is 2. The SMILES string of the molecule is COc1ccc2cc(-c3ccc(OCC(O)CNCC(OC)c4ccccc4)c(OC)c3)n(C)c(=O)c2c1. The fourth-order valence-corrected chi connectivity index (χ4v) is 4.36. The maximum absolute atomic E-state index is 13.0. The highest BCUT2D eigenvalue weighted by Crippen LogP contribution is 2.33. The molecule has 0 amide bonds. The van der Waals surface area contributed by atoms with Crippen molar-refractivity contribution in [2.45, 2.75) is 12.2 Å². The quantitative estimate of drug-likeness (QED) is 0.294. The molecule has 0 saturated heterocycles. The van der Waals surface area contributed by atoms with Crippen LogP contribution < -0.4 is 25.1 Å². The number of ether oxygens (including phenoxy) is 4. The molecular weight excluding hydrogens is 484 g/mol. The number of nitrogens with one attached hydrogen (secondary N) is 1. The number of methoxy groups -OCH3 is 3. The highest BCUT2D eigenvalue weighted by molar-refractivity contribution is 5.86. The molecule has 0 fully saturated rings. The zero-order valence-electron chi connectivity index (χ0n) is 22.1. The molecular formula is C30H34N2O6. The first kappa shape index (κ1) is 27.2. The predicted octanol–water partition coefficient (Wildman–Crippen LogP) is 3.94. The first-order valence-corrected chi connectivity index (χ1v) is 12.4. The minimum absolute atomic E-state index is 0.0853. The van der Waals surface area contributed by atoms with E-state index in [9.17, 15) is 9.90 Å². The van der Waals surface area contributed by atoms with Crippen LogP contribution in [0.15, 0.2) is 77.6 Å². The number of benzene rings is 3. The number of aliphatic hydroxyl groups is 1. The van der Waals surface area contributed by atoms with Gasteiger partial charge in [0.05, 0.1) is 31.4 Å². The number of fused-ring (bicyclic) bond motifs is 1. The summed E-state index contributed by atoms with van der Waals surface area (Å²) in [6, 6.07) is 22.8. The van der Waals surface area contributed by atoms with Gasteiger partial charge < -0.3 is 33.9 Å². The molecule has 3 aromatic carbocycles. The van der Waals surface area contributed by atoms with Crippen molar-refractivity contribution < 1.29 is 24.1 Å². The maximum Gasteiger partial charge on any atom is 0.258 e. The summed E-state index contributed by atoms with van der Waals surface area (Å²) in [6.07, 6.45) is -0.837. The number of rotatable bonds is 12. The van der Waals surface area contributed by atoms with Crippen LogP contribution in [0, 0.1) is 0 Å². The Labute approximate surface area is 222 Å². The van der Waals surface area contributed by atoms with E-state index in [1.54, 1.807) is 45.1 Å². The highest BCUT2D eigenvalue weighted by atomic mass is 16.5. The zero-order chi connectivity index (χ0) is 27.1. The number of pyridine rings is 1. The molecule has 2 N–H and O–H groups in total. The number of aliphatic hydroxyl groups excluding tert-OH is 1. The lowest BCUT2D eigenvalue weighted by Gasteiger charge is -2.19. The Morgan fingerprint density at radius 2 is 1.68 bits per heavy atom. The summed E-state index contributed by atoms with van der Waals surface area (Å²) < 4.78 is 23.9. The Morgan fingerprint density at radius 1 is 0.895 bits per heavy atom. The number of aromatic nitrogens is 1. The molecule has 1 heterocycles. The van der Waals surface area contributed by atoms with E-state index in [1.165, 1.54) is 0 Å². The van der Waals surface area contributed by atoms with Crippen molar-refractivity contribution in [2.24, 2.45) is 7.05 Å². The van der Waals surface area contributed by atoms with Gasteiger partial charge in [0, 0.05) is 32.8 Å². The second-order valence-corrected chi connectivity index (χ2v) is 8.97. The van der Waals surface area contributed by atoms with E-state index in [0.717, 1.165) is 22.2 Å². The first-order chi connectivity index (χ1) is 18.4. The van der Waals surface area contributed by atoms with Crippen LogP contribution in [0.5, 0.6) is 17.2 Å². The molecule has 0 aliphatic heterocycles. The van der Waals surface area contributed by atoms with Crippen LogP contribution in [-0.2, 0) is 11.8 Å². The second-order valence-electron chi connectivity index (χ2n) is 8.97. The summed E-state index contributed by atoms with van der Waals surface area (Å²) in [7, 11) is 6.54. The Kier molecular flexibility index (Phi) is 9.02. The molecule has 0 aliphatic rings. The third-order valence-electron chi connectivity index (χ3n) is 6.51. The van der Waals surface area contributed by atoms with E-state index in [1.807, 2.05) is 60.7 Å². The third-order valence-corrected chi connectivity index (χ3v) is 6.51. The summed E-state index contributed by atoms with van der Waals surface area (Å²) in [5.41, 5.74) is 2.50. The van der Waals surface area contributed by atoms with Crippen molar-refractivity contribution in [3.05, 3.63) is 88.7 Å². The van der Waals surface area contributed by atoms with Crippen LogP contribution in [0.1, 0.15) is 11.7 Å². The predicted molar refractivity (Wildman–Crippen MR) is 148 cm³/mol. The van der Waals surface area contributed by atoms with Crippen LogP contribution in [0.4, 0.5) is 0 Å². The van der Waals surface area contributed by atoms with Gasteiger partial charge in [-0.1, -0.05) is 36.4 Å². The number of nitrogens with zero attached hydrogens (tertiary/aromatic N) is 1. The van der Waals surface area contributed by atoms with Gasteiger partial charge in [0.1, 0.15) is 18.5 Å². The van der Waals surface area contributed by atoms with Gasteiger partial charge in [-0.25, -0.2) is 0 Å². The second kappa shape index (κ2) is 12.6. The molecule has 1 aromatic heterocycles. The Morgan fingerprint density at radius 3 is 2.39 bits per heavy atom. The molecule has 4 aromatic rings. The van der Waals surface area contributed by atoms with Crippen LogP contribution in [-0.4, -0.2) is 56.8 Å². The standard InChI is InChI=1S/C30H34N2O6/c1-32-26(14-21-10-12-24(35-2)16-25(21)30(32)34)22-11-13-27(28(15-22)36-3)38-19-23(33)17-31-18-29(37-4)20-8-6-5-7-9-20/h5-16,23,29,31,33H,17-19H2,1-4H3. The molecule has 0 radical (unpaired) electrons. The minimum Gasteiger partial charge on any atom is -0.497 e. The zero-order valence-corrected chi connectivity index (χ0v) is 22.1. The molecule has 0 bridgehead atoms. The molecule has 4 rings (SSSR count). The average molecular weight is 519 g/mol. The van der Waals surface area contributed by atoms with Crippen LogP contribution >= 0.6 is 0 Å². The summed E-state index contributed by atoms with van der Waals surface area (Å²) >= 11 is 0. The van der Waals surface area contributed by atoms with Crippen molar-refractivity contribution in [2.75, 3.05) is 41.0 Å². The van der Waals surface area contributed by atoms with Crippen LogP contribution in [0.25, 0.3) is 22.0 Å². The number of hydrogen-bond acceptors (Lipinski definition) is 7. The smallest absolute Gasteiger partial charge is 0.258 e. The van der Waals surface area contributed by atoms with Crippen LogP contribution in [0.3, 0.4) is 0 Å². The van der Waals surface area contributed by atoms with Gasteiger partial charge in [-0.3, -0.25) is 4.79 Å². The molecule has 0 aliphatic carbocycles. The normalized spacial score (nSPS) is 12.8. The van der Waals surface area contributed by atoms with Gasteiger partial charge >= 0.3 is 0 Å². The molecule has 0 spiro atoms. The monoisotopic (exact) mass is 518 g/mol. The topological polar surface area (TPSA) is 91.2 Å². The largest absolute Gasteiger partial charge is 0.497 e. The molecule has 8 heteroatoms. The average Bonchev–Trinajstić information content (AvgIpc) is 2.96. The third kappa shape index (κ3) is 6.16. The van der Waals surface area contributed by atoms with E-state index in [-0.39, 0.29) is 18.3 Å². The summed E-state index contributed by atoms with van der Waals surface area (Å²) in [4.78, 5) is 13.0. The lowest BCUT2D eigenvalue weighted by atomic mass is 10.1. The first-order valence-electron chi connectivity index (χ1n) is 12.4.